The number of nitriles is 1. The number of hydrogen-bond donors (Lipinski definition) is 3. The SMILES string of the molecule is N#C/C(=C/Nc1ccc(C(=O)O)cc1)C(=O)Nc1ccc(Cl)c(Cl)c1. The van der Waals surface area contributed by atoms with E-state index in [0.29, 0.717) is 16.4 Å². The Balaban J connectivity index is 2.08. The van der Waals surface area contributed by atoms with Gasteiger partial charge < -0.3 is 15.7 Å². The van der Waals surface area contributed by atoms with Gasteiger partial charge in [-0.25, -0.2) is 4.79 Å². The largest absolute Gasteiger partial charge is 0.478 e. The van der Waals surface area contributed by atoms with Crippen LogP contribution in [0.2, 0.25) is 10.0 Å². The summed E-state index contributed by atoms with van der Waals surface area (Å²) in [5, 5.41) is 23.9. The van der Waals surface area contributed by atoms with Gasteiger partial charge in [-0.2, -0.15) is 5.26 Å². The van der Waals surface area contributed by atoms with E-state index in [0.717, 1.165) is 0 Å². The standard InChI is InChI=1S/C17H11Cl2N3O3/c18-14-6-5-13(7-15(14)19)22-16(23)11(8-20)9-21-12-3-1-10(2-4-12)17(24)25/h1-7,9,21H,(H,22,23)(H,24,25)/b11-9-. The highest BCUT2D eigenvalue weighted by atomic mass is 35.5. The van der Waals surface area contributed by atoms with Crippen LogP contribution < -0.4 is 10.6 Å². The van der Waals surface area contributed by atoms with Gasteiger partial charge in [-0.3, -0.25) is 4.79 Å². The van der Waals surface area contributed by atoms with E-state index in [2.05, 4.69) is 10.6 Å². The van der Waals surface area contributed by atoms with E-state index in [9.17, 15) is 9.59 Å². The molecule has 3 N–H and O–H groups in total. The van der Waals surface area contributed by atoms with Gasteiger partial charge in [0.1, 0.15) is 11.6 Å². The Morgan fingerprint density at radius 2 is 1.68 bits per heavy atom. The first-order valence-electron chi connectivity index (χ1n) is 6.87. The molecule has 2 rings (SSSR count). The molecule has 0 spiro atoms. The molecule has 0 aliphatic rings. The topological polar surface area (TPSA) is 102 Å². The van der Waals surface area contributed by atoms with Crippen molar-refractivity contribution in [1.82, 2.24) is 0 Å². The second-order valence-corrected chi connectivity index (χ2v) is 5.59. The van der Waals surface area contributed by atoms with E-state index in [1.807, 2.05) is 0 Å². The van der Waals surface area contributed by atoms with Gasteiger partial charge in [0.2, 0.25) is 0 Å². The molecule has 0 bridgehead atoms. The Hall–Kier alpha value is -3.01. The van der Waals surface area contributed by atoms with E-state index in [-0.39, 0.29) is 16.2 Å². The maximum atomic E-state index is 12.1. The summed E-state index contributed by atoms with van der Waals surface area (Å²) in [7, 11) is 0. The van der Waals surface area contributed by atoms with Gasteiger partial charge in [-0.1, -0.05) is 23.2 Å². The van der Waals surface area contributed by atoms with Gasteiger partial charge >= 0.3 is 5.97 Å². The molecule has 1 amide bonds. The van der Waals surface area contributed by atoms with Crippen LogP contribution in [0.4, 0.5) is 11.4 Å². The summed E-state index contributed by atoms with van der Waals surface area (Å²) < 4.78 is 0. The molecule has 8 heteroatoms. The number of nitrogens with one attached hydrogen (secondary N) is 2. The van der Waals surface area contributed by atoms with Gasteiger partial charge in [0.05, 0.1) is 15.6 Å². The second-order valence-electron chi connectivity index (χ2n) is 4.78. The van der Waals surface area contributed by atoms with Crippen molar-refractivity contribution < 1.29 is 14.7 Å². The van der Waals surface area contributed by atoms with Crippen LogP contribution in [0, 0.1) is 11.3 Å². The first kappa shape index (κ1) is 18.3. The number of hydrogen-bond acceptors (Lipinski definition) is 4. The summed E-state index contributed by atoms with van der Waals surface area (Å²) >= 11 is 11.7. The lowest BCUT2D eigenvalue weighted by Gasteiger charge is -2.06. The van der Waals surface area contributed by atoms with Gasteiger partial charge in [-0.15, -0.1) is 0 Å². The average Bonchev–Trinajstić information content (AvgIpc) is 2.59. The van der Waals surface area contributed by atoms with Crippen molar-refractivity contribution in [2.45, 2.75) is 0 Å². The molecule has 126 valence electrons. The van der Waals surface area contributed by atoms with Crippen LogP contribution in [0.15, 0.2) is 54.2 Å². The number of anilines is 2. The molecule has 0 aliphatic carbocycles. The first-order valence-corrected chi connectivity index (χ1v) is 7.63. The van der Waals surface area contributed by atoms with Crippen molar-refractivity contribution in [3.05, 3.63) is 69.8 Å². The van der Waals surface area contributed by atoms with Crippen LogP contribution in [-0.4, -0.2) is 17.0 Å². The monoisotopic (exact) mass is 375 g/mol. The third-order valence-corrected chi connectivity index (χ3v) is 3.80. The van der Waals surface area contributed by atoms with Crippen LogP contribution in [0.25, 0.3) is 0 Å². The third kappa shape index (κ3) is 4.98. The lowest BCUT2D eigenvalue weighted by atomic mass is 10.2. The number of rotatable bonds is 5. The predicted molar refractivity (Wildman–Crippen MR) is 95.8 cm³/mol. The maximum absolute atomic E-state index is 12.1. The first-order chi connectivity index (χ1) is 11.9. The summed E-state index contributed by atoms with van der Waals surface area (Å²) in [5.41, 5.74) is 0.882. The maximum Gasteiger partial charge on any atom is 0.335 e. The number of benzene rings is 2. The summed E-state index contributed by atoms with van der Waals surface area (Å²) in [6, 6.07) is 12.2. The fraction of sp³-hybridized carbons (Fsp3) is 0. The number of amides is 1. The molecule has 0 atom stereocenters. The number of carboxylic acids is 1. The van der Waals surface area contributed by atoms with E-state index < -0.39 is 11.9 Å². The molecular weight excluding hydrogens is 365 g/mol. The van der Waals surface area contributed by atoms with E-state index in [4.69, 9.17) is 33.6 Å². The highest BCUT2D eigenvalue weighted by molar-refractivity contribution is 6.42. The van der Waals surface area contributed by atoms with Crippen molar-refractivity contribution in [3.8, 4) is 6.07 Å². The molecular formula is C17H11Cl2N3O3. The zero-order valence-electron chi connectivity index (χ0n) is 12.6. The Kier molecular flexibility index (Phi) is 6.01. The molecule has 0 radical (unpaired) electrons. The molecule has 0 saturated carbocycles. The number of carbonyl (C=O) groups is 2. The van der Waals surface area contributed by atoms with E-state index >= 15 is 0 Å². The van der Waals surface area contributed by atoms with Gasteiger partial charge in [0, 0.05) is 17.6 Å². The van der Waals surface area contributed by atoms with Crippen molar-refractivity contribution in [3.63, 3.8) is 0 Å². The molecule has 0 saturated heterocycles. The fourth-order valence-corrected chi connectivity index (χ4v) is 2.08. The van der Waals surface area contributed by atoms with Crippen LogP contribution in [0.1, 0.15) is 10.4 Å². The second kappa shape index (κ2) is 8.20. The molecule has 0 unspecified atom stereocenters. The van der Waals surface area contributed by atoms with Crippen molar-refractivity contribution in [2.24, 2.45) is 0 Å². The molecule has 0 aromatic heterocycles. The van der Waals surface area contributed by atoms with Crippen molar-refractivity contribution in [2.75, 3.05) is 10.6 Å². The Morgan fingerprint density at radius 1 is 1.04 bits per heavy atom. The molecule has 0 heterocycles. The van der Waals surface area contributed by atoms with Crippen molar-refractivity contribution >= 4 is 46.5 Å². The van der Waals surface area contributed by atoms with E-state index in [1.165, 1.54) is 42.6 Å². The highest BCUT2D eigenvalue weighted by Gasteiger charge is 2.10. The minimum Gasteiger partial charge on any atom is -0.478 e. The Labute approximate surface area is 153 Å². The fourth-order valence-electron chi connectivity index (χ4n) is 1.79. The molecule has 2 aromatic rings. The molecule has 25 heavy (non-hydrogen) atoms. The summed E-state index contributed by atoms with van der Waals surface area (Å²) in [4.78, 5) is 22.9. The smallest absolute Gasteiger partial charge is 0.335 e. The predicted octanol–water partition coefficient (Wildman–Crippen LogP) is 4.15. The van der Waals surface area contributed by atoms with Crippen LogP contribution >= 0.6 is 23.2 Å². The van der Waals surface area contributed by atoms with Crippen LogP contribution in [0.5, 0.6) is 0 Å². The van der Waals surface area contributed by atoms with Gasteiger partial charge in [0.25, 0.3) is 5.91 Å². The third-order valence-electron chi connectivity index (χ3n) is 3.06. The lowest BCUT2D eigenvalue weighted by Crippen LogP contribution is -2.14. The molecule has 2 aromatic carbocycles. The summed E-state index contributed by atoms with van der Waals surface area (Å²) in [6.07, 6.45) is 1.22. The quantitative estimate of drug-likeness (QED) is 0.538. The number of carbonyl (C=O) groups excluding carboxylic acids is 1. The number of nitrogens with zero attached hydrogens (tertiary/aromatic N) is 1. The Bertz CT molecular complexity index is 887. The molecule has 0 aliphatic heterocycles. The number of halogens is 2. The molecule has 0 fully saturated rings. The average molecular weight is 376 g/mol. The highest BCUT2D eigenvalue weighted by Crippen LogP contribution is 2.25. The van der Waals surface area contributed by atoms with Gasteiger partial charge in [-0.05, 0) is 42.5 Å². The minimum absolute atomic E-state index is 0.132. The number of carboxylic acid groups (broad SMARTS) is 1. The summed E-state index contributed by atoms with van der Waals surface area (Å²) in [6.45, 7) is 0. The number of aromatic carboxylic acids is 1. The minimum atomic E-state index is -1.04. The lowest BCUT2D eigenvalue weighted by molar-refractivity contribution is -0.112. The van der Waals surface area contributed by atoms with Gasteiger partial charge in [0.15, 0.2) is 0 Å². The Morgan fingerprint density at radius 3 is 2.24 bits per heavy atom. The zero-order chi connectivity index (χ0) is 18.4. The zero-order valence-corrected chi connectivity index (χ0v) is 14.1. The van der Waals surface area contributed by atoms with Crippen LogP contribution in [0.3, 0.4) is 0 Å². The normalized spacial score (nSPS) is 10.7. The summed E-state index contributed by atoms with van der Waals surface area (Å²) in [5.74, 6) is -1.67. The van der Waals surface area contributed by atoms with Crippen molar-refractivity contribution in [1.29, 1.82) is 5.26 Å². The van der Waals surface area contributed by atoms with Crippen LogP contribution in [-0.2, 0) is 4.79 Å². The van der Waals surface area contributed by atoms with E-state index in [1.54, 1.807) is 12.1 Å². The molecule has 6 nitrogen and oxygen atoms in total.